The van der Waals surface area contributed by atoms with Crippen molar-refractivity contribution in [1.29, 1.82) is 0 Å². The second-order valence-corrected chi connectivity index (χ2v) is 1.95. The van der Waals surface area contributed by atoms with E-state index in [0.717, 1.165) is 6.42 Å². The zero-order valence-electron chi connectivity index (χ0n) is 6.26. The van der Waals surface area contributed by atoms with Gasteiger partial charge in [-0.1, -0.05) is 12.1 Å². The Labute approximate surface area is 60.0 Å². The number of carbonyl (C=O) groups excluding carboxylic acids is 1. The van der Waals surface area contributed by atoms with Gasteiger partial charge in [0.25, 0.3) is 0 Å². The number of nitrogens with zero attached hydrogens (tertiary/aromatic N) is 1. The second-order valence-electron chi connectivity index (χ2n) is 1.95. The molecule has 2 N–H and O–H groups in total. The van der Waals surface area contributed by atoms with Crippen LogP contribution in [0.1, 0.15) is 26.7 Å². The van der Waals surface area contributed by atoms with Gasteiger partial charge in [-0.25, -0.2) is 4.79 Å². The van der Waals surface area contributed by atoms with Crippen LogP contribution in [0.2, 0.25) is 0 Å². The number of rotatable bonds is 3. The molecular weight excluding hydrogens is 132 g/mol. The Morgan fingerprint density at radius 1 is 1.70 bits per heavy atom. The predicted molar refractivity (Wildman–Crippen MR) is 38.3 cm³/mol. The highest BCUT2D eigenvalue weighted by Gasteiger charge is 1.97. The van der Waals surface area contributed by atoms with Crippen LogP contribution in [0.25, 0.3) is 0 Å². The molecule has 0 saturated heterocycles. The molecular formula is C6H12N2O2. The minimum absolute atomic E-state index is 0.254. The number of hydrogen-bond donors (Lipinski definition) is 1. The molecule has 4 heteroatoms. The van der Waals surface area contributed by atoms with Crippen molar-refractivity contribution in [3.8, 4) is 0 Å². The fourth-order valence-electron chi connectivity index (χ4n) is 0.373. The van der Waals surface area contributed by atoms with Crippen molar-refractivity contribution in [3.63, 3.8) is 0 Å². The zero-order chi connectivity index (χ0) is 7.98. The maximum absolute atomic E-state index is 10.6. The van der Waals surface area contributed by atoms with E-state index in [4.69, 9.17) is 5.73 Å². The highest BCUT2D eigenvalue weighted by molar-refractivity contribution is 5.78. The van der Waals surface area contributed by atoms with Gasteiger partial charge in [-0.15, -0.1) is 0 Å². The molecule has 0 bridgehead atoms. The highest BCUT2D eigenvalue weighted by atomic mass is 16.7. The molecule has 0 radical (unpaired) electrons. The summed E-state index contributed by atoms with van der Waals surface area (Å²) in [6, 6.07) is 0. The van der Waals surface area contributed by atoms with Gasteiger partial charge in [-0.05, 0) is 13.3 Å². The molecule has 0 unspecified atom stereocenters. The summed E-state index contributed by atoms with van der Waals surface area (Å²) in [5.41, 5.74) is 5.11. The van der Waals surface area contributed by atoms with Crippen LogP contribution in [-0.2, 0) is 9.63 Å². The molecule has 0 saturated carbocycles. The molecule has 0 aliphatic carbocycles. The summed E-state index contributed by atoms with van der Waals surface area (Å²) >= 11 is 0. The second kappa shape index (κ2) is 4.78. The van der Waals surface area contributed by atoms with E-state index in [-0.39, 0.29) is 11.8 Å². The van der Waals surface area contributed by atoms with Gasteiger partial charge >= 0.3 is 5.97 Å². The summed E-state index contributed by atoms with van der Waals surface area (Å²) in [5, 5.41) is 3.29. The van der Waals surface area contributed by atoms with E-state index in [1.807, 2.05) is 6.92 Å². The van der Waals surface area contributed by atoms with E-state index >= 15 is 0 Å². The predicted octanol–water partition coefficient (Wildman–Crippen LogP) is 0.622. The number of carbonyl (C=O) groups is 1. The van der Waals surface area contributed by atoms with Crippen molar-refractivity contribution in [1.82, 2.24) is 0 Å². The lowest BCUT2D eigenvalue weighted by molar-refractivity contribution is -0.143. The Hall–Kier alpha value is -1.06. The molecule has 0 aliphatic rings. The minimum atomic E-state index is -0.340. The number of nitrogens with two attached hydrogens (primary N) is 1. The monoisotopic (exact) mass is 144 g/mol. The van der Waals surface area contributed by atoms with Crippen LogP contribution in [-0.4, -0.2) is 11.8 Å². The van der Waals surface area contributed by atoms with Gasteiger partial charge in [0.1, 0.15) is 5.84 Å². The molecule has 58 valence electrons. The first kappa shape index (κ1) is 8.94. The molecule has 0 rings (SSSR count). The fraction of sp³-hybridized carbons (Fsp3) is 0.667. The third kappa shape index (κ3) is 5.08. The van der Waals surface area contributed by atoms with Crippen LogP contribution in [0, 0.1) is 0 Å². The smallest absolute Gasteiger partial charge is 0.335 e. The van der Waals surface area contributed by atoms with Crippen molar-refractivity contribution >= 4 is 11.8 Å². The quantitative estimate of drug-likeness (QED) is 0.273. The lowest BCUT2D eigenvalue weighted by Gasteiger charge is -1.93. The Kier molecular flexibility index (Phi) is 4.28. The molecule has 0 amide bonds. The maximum Gasteiger partial charge on any atom is 0.335 e. The molecule has 0 aromatic rings. The van der Waals surface area contributed by atoms with Crippen LogP contribution in [0.4, 0.5) is 0 Å². The van der Waals surface area contributed by atoms with Gasteiger partial charge in [0.15, 0.2) is 0 Å². The van der Waals surface area contributed by atoms with Crippen molar-refractivity contribution in [3.05, 3.63) is 0 Å². The average molecular weight is 144 g/mol. The van der Waals surface area contributed by atoms with E-state index in [1.165, 1.54) is 0 Å². The molecule has 0 aliphatic heterocycles. The SMILES string of the molecule is CCCC(=O)O/N=C(\C)N. The largest absolute Gasteiger partial charge is 0.385 e. The van der Waals surface area contributed by atoms with E-state index < -0.39 is 0 Å². The molecule has 0 aromatic heterocycles. The summed E-state index contributed by atoms with van der Waals surface area (Å²) < 4.78 is 0. The Bertz CT molecular complexity index is 139. The Morgan fingerprint density at radius 2 is 2.30 bits per heavy atom. The molecule has 0 atom stereocenters. The standard InChI is InChI=1S/C6H12N2O2/c1-3-4-6(9)10-8-5(2)7/h3-4H2,1-2H3,(H2,7,8). The maximum atomic E-state index is 10.6. The summed E-state index contributed by atoms with van der Waals surface area (Å²) in [6.07, 6.45) is 1.15. The van der Waals surface area contributed by atoms with Gasteiger partial charge in [-0.2, -0.15) is 0 Å². The van der Waals surface area contributed by atoms with Gasteiger partial charge in [0.2, 0.25) is 0 Å². The molecule has 0 heterocycles. The lowest BCUT2D eigenvalue weighted by Crippen LogP contribution is -2.08. The Morgan fingerprint density at radius 3 is 2.70 bits per heavy atom. The normalized spacial score (nSPS) is 11.2. The zero-order valence-corrected chi connectivity index (χ0v) is 6.26. The van der Waals surface area contributed by atoms with Crippen molar-refractivity contribution < 1.29 is 9.63 Å². The number of amidine groups is 1. The van der Waals surface area contributed by atoms with Crippen LogP contribution in [0.3, 0.4) is 0 Å². The summed E-state index contributed by atoms with van der Waals surface area (Å²) in [4.78, 5) is 14.9. The van der Waals surface area contributed by atoms with Gasteiger partial charge < -0.3 is 10.6 Å². The van der Waals surface area contributed by atoms with Crippen molar-refractivity contribution in [2.75, 3.05) is 0 Å². The van der Waals surface area contributed by atoms with Gasteiger partial charge in [0, 0.05) is 6.42 Å². The minimum Gasteiger partial charge on any atom is -0.385 e. The van der Waals surface area contributed by atoms with Gasteiger partial charge in [-0.3, -0.25) is 0 Å². The van der Waals surface area contributed by atoms with E-state index in [0.29, 0.717) is 6.42 Å². The molecule has 10 heavy (non-hydrogen) atoms. The van der Waals surface area contributed by atoms with Crippen LogP contribution < -0.4 is 5.73 Å². The molecule has 0 aromatic carbocycles. The first-order valence-electron chi connectivity index (χ1n) is 3.16. The third-order valence-corrected chi connectivity index (χ3v) is 0.746. The molecule has 0 spiro atoms. The number of hydrogen-bond acceptors (Lipinski definition) is 3. The van der Waals surface area contributed by atoms with E-state index in [2.05, 4.69) is 9.99 Å². The van der Waals surface area contributed by atoms with Gasteiger partial charge in [0.05, 0.1) is 0 Å². The third-order valence-electron chi connectivity index (χ3n) is 0.746. The highest BCUT2D eigenvalue weighted by Crippen LogP contribution is 1.90. The van der Waals surface area contributed by atoms with Crippen molar-refractivity contribution in [2.24, 2.45) is 10.9 Å². The first-order valence-corrected chi connectivity index (χ1v) is 3.16. The lowest BCUT2D eigenvalue weighted by atomic mass is 10.3. The topological polar surface area (TPSA) is 64.7 Å². The van der Waals surface area contributed by atoms with Crippen LogP contribution >= 0.6 is 0 Å². The van der Waals surface area contributed by atoms with Crippen molar-refractivity contribution in [2.45, 2.75) is 26.7 Å². The van der Waals surface area contributed by atoms with Crippen LogP contribution in [0.15, 0.2) is 5.16 Å². The number of oxime groups is 1. The summed E-state index contributed by atoms with van der Waals surface area (Å²) in [7, 11) is 0. The average Bonchev–Trinajstić information content (AvgIpc) is 1.85. The summed E-state index contributed by atoms with van der Waals surface area (Å²) in [6.45, 7) is 3.44. The fourth-order valence-corrected chi connectivity index (χ4v) is 0.373. The Balaban J connectivity index is 3.49. The molecule has 0 fully saturated rings. The summed E-state index contributed by atoms with van der Waals surface area (Å²) in [5.74, 6) is -0.0863. The molecule has 4 nitrogen and oxygen atoms in total. The van der Waals surface area contributed by atoms with Crippen LogP contribution in [0.5, 0.6) is 0 Å². The first-order chi connectivity index (χ1) is 4.66. The van der Waals surface area contributed by atoms with E-state index in [9.17, 15) is 4.79 Å². The van der Waals surface area contributed by atoms with E-state index in [1.54, 1.807) is 6.92 Å².